The molecule has 1 aliphatic rings. The van der Waals surface area contributed by atoms with Crippen LogP contribution in [0.2, 0.25) is 0 Å². The molecule has 1 fully saturated rings. The molecule has 0 radical (unpaired) electrons. The molecule has 1 aliphatic carbocycles. The number of hydrogen-bond donors (Lipinski definition) is 1. The number of ketones is 2. The minimum atomic E-state index is -0.550. The number of aliphatic hydroxyl groups excluding tert-OH is 1. The molecule has 0 spiro atoms. The Bertz CT molecular complexity index is 168. The van der Waals surface area contributed by atoms with Gasteiger partial charge < -0.3 is 5.11 Å². The van der Waals surface area contributed by atoms with Gasteiger partial charge in [0.15, 0.2) is 0 Å². The summed E-state index contributed by atoms with van der Waals surface area (Å²) >= 11 is 0. The predicted octanol–water partition coefficient (Wildman–Crippen LogP) is 0.305. The lowest BCUT2D eigenvalue weighted by Crippen LogP contribution is -2.19. The Kier molecular flexibility index (Phi) is 2.39. The maximum Gasteiger partial charge on any atom is 0.143 e. The van der Waals surface area contributed by atoms with Crippen LogP contribution in [-0.2, 0) is 9.59 Å². The molecule has 1 N–H and O–H groups in total. The standard InChI is InChI=1S/C8H12O3/c1-5(9)4-6-7(10)2-3-8(6)11/h5-6,9H,2-4H2,1H3. The lowest BCUT2D eigenvalue weighted by molar-refractivity contribution is -0.128. The van der Waals surface area contributed by atoms with Crippen LogP contribution in [0.5, 0.6) is 0 Å². The van der Waals surface area contributed by atoms with Crippen LogP contribution < -0.4 is 0 Å². The molecule has 0 saturated heterocycles. The molecule has 0 aliphatic heterocycles. The number of Topliss-reactive ketones (excluding diaryl/α,β-unsaturated/α-hetero) is 2. The van der Waals surface area contributed by atoms with E-state index in [-0.39, 0.29) is 11.6 Å². The van der Waals surface area contributed by atoms with Gasteiger partial charge in [0.25, 0.3) is 0 Å². The summed E-state index contributed by atoms with van der Waals surface area (Å²) in [5.74, 6) is -0.512. The fourth-order valence-electron chi connectivity index (χ4n) is 1.38. The highest BCUT2D eigenvalue weighted by molar-refractivity contribution is 6.08. The SMILES string of the molecule is CC(O)CC1C(=O)CCC1=O. The first kappa shape index (κ1) is 8.40. The van der Waals surface area contributed by atoms with Crippen LogP contribution in [0.4, 0.5) is 0 Å². The molecule has 1 rings (SSSR count). The van der Waals surface area contributed by atoms with E-state index in [0.29, 0.717) is 19.3 Å². The van der Waals surface area contributed by atoms with Crippen molar-refractivity contribution in [3.05, 3.63) is 0 Å². The summed E-state index contributed by atoms with van der Waals surface area (Å²) in [6, 6.07) is 0. The summed E-state index contributed by atoms with van der Waals surface area (Å²) in [4.78, 5) is 22.0. The van der Waals surface area contributed by atoms with Crippen LogP contribution in [0.1, 0.15) is 26.2 Å². The third kappa shape index (κ3) is 1.87. The van der Waals surface area contributed by atoms with Crippen LogP contribution in [0.15, 0.2) is 0 Å². The summed E-state index contributed by atoms with van der Waals surface area (Å²) in [5.41, 5.74) is 0. The number of carbonyl (C=O) groups excluding carboxylic acids is 2. The van der Waals surface area contributed by atoms with E-state index in [4.69, 9.17) is 5.11 Å². The van der Waals surface area contributed by atoms with Gasteiger partial charge in [0.2, 0.25) is 0 Å². The topological polar surface area (TPSA) is 54.4 Å². The van der Waals surface area contributed by atoms with Crippen molar-refractivity contribution in [2.24, 2.45) is 5.92 Å². The fourth-order valence-corrected chi connectivity index (χ4v) is 1.38. The van der Waals surface area contributed by atoms with Gasteiger partial charge in [-0.1, -0.05) is 0 Å². The predicted molar refractivity (Wildman–Crippen MR) is 39.0 cm³/mol. The summed E-state index contributed by atoms with van der Waals surface area (Å²) in [6.45, 7) is 1.60. The van der Waals surface area contributed by atoms with E-state index in [0.717, 1.165) is 0 Å². The summed E-state index contributed by atoms with van der Waals surface area (Å²) < 4.78 is 0. The maximum absolute atomic E-state index is 11.0. The second-order valence-electron chi connectivity index (χ2n) is 3.07. The fraction of sp³-hybridized carbons (Fsp3) is 0.750. The van der Waals surface area contributed by atoms with Crippen molar-refractivity contribution in [3.8, 4) is 0 Å². The second-order valence-corrected chi connectivity index (χ2v) is 3.07. The van der Waals surface area contributed by atoms with Gasteiger partial charge in [-0.05, 0) is 13.3 Å². The molecule has 3 nitrogen and oxygen atoms in total. The van der Waals surface area contributed by atoms with Crippen molar-refractivity contribution in [2.45, 2.75) is 32.3 Å². The van der Waals surface area contributed by atoms with Crippen LogP contribution >= 0.6 is 0 Å². The van der Waals surface area contributed by atoms with Crippen LogP contribution in [0.25, 0.3) is 0 Å². The third-order valence-corrected chi connectivity index (χ3v) is 1.97. The molecule has 0 aromatic heterocycles. The van der Waals surface area contributed by atoms with Crippen molar-refractivity contribution in [3.63, 3.8) is 0 Å². The van der Waals surface area contributed by atoms with E-state index in [1.54, 1.807) is 6.92 Å². The quantitative estimate of drug-likeness (QED) is 0.585. The third-order valence-electron chi connectivity index (χ3n) is 1.97. The highest BCUT2D eigenvalue weighted by atomic mass is 16.3. The molecule has 3 heteroatoms. The molecule has 62 valence electrons. The van der Waals surface area contributed by atoms with Crippen LogP contribution in [-0.4, -0.2) is 22.8 Å². The molecule has 11 heavy (non-hydrogen) atoms. The van der Waals surface area contributed by atoms with E-state index >= 15 is 0 Å². The van der Waals surface area contributed by atoms with Crippen molar-refractivity contribution in [1.82, 2.24) is 0 Å². The molecule has 0 aromatic carbocycles. The van der Waals surface area contributed by atoms with E-state index in [1.807, 2.05) is 0 Å². The minimum Gasteiger partial charge on any atom is -0.393 e. The number of carbonyl (C=O) groups is 2. The first-order valence-electron chi connectivity index (χ1n) is 3.84. The highest BCUT2D eigenvalue weighted by Gasteiger charge is 2.33. The molecule has 1 atom stereocenters. The van der Waals surface area contributed by atoms with Crippen molar-refractivity contribution >= 4 is 11.6 Å². The number of rotatable bonds is 2. The van der Waals surface area contributed by atoms with Gasteiger partial charge in [-0.3, -0.25) is 9.59 Å². The van der Waals surface area contributed by atoms with Gasteiger partial charge in [0.05, 0.1) is 12.0 Å². The Hall–Kier alpha value is -0.700. The van der Waals surface area contributed by atoms with Crippen LogP contribution in [0.3, 0.4) is 0 Å². The zero-order valence-electron chi connectivity index (χ0n) is 6.54. The normalized spacial score (nSPS) is 22.7. The smallest absolute Gasteiger partial charge is 0.143 e. The van der Waals surface area contributed by atoms with E-state index in [1.165, 1.54) is 0 Å². The average Bonchev–Trinajstić information content (AvgIpc) is 2.18. The van der Waals surface area contributed by atoms with E-state index in [2.05, 4.69) is 0 Å². The van der Waals surface area contributed by atoms with Gasteiger partial charge in [-0.2, -0.15) is 0 Å². The molecule has 1 saturated carbocycles. The first-order valence-corrected chi connectivity index (χ1v) is 3.84. The summed E-state index contributed by atoms with van der Waals surface area (Å²) in [7, 11) is 0. The Morgan fingerprint density at radius 3 is 2.27 bits per heavy atom. The summed E-state index contributed by atoms with van der Waals surface area (Å²) in [6.07, 6.45) is 0.496. The lowest BCUT2D eigenvalue weighted by atomic mass is 9.99. The Morgan fingerprint density at radius 1 is 1.45 bits per heavy atom. The molecule has 0 heterocycles. The average molecular weight is 156 g/mol. The second kappa shape index (κ2) is 3.13. The minimum absolute atomic E-state index is 0.00380. The monoisotopic (exact) mass is 156 g/mol. The first-order chi connectivity index (χ1) is 5.11. The molecular formula is C8H12O3. The Labute approximate surface area is 65.4 Å². The number of aliphatic hydroxyl groups is 1. The van der Waals surface area contributed by atoms with Gasteiger partial charge in [-0.25, -0.2) is 0 Å². The molecule has 0 aromatic rings. The largest absolute Gasteiger partial charge is 0.393 e. The maximum atomic E-state index is 11.0. The Morgan fingerprint density at radius 2 is 1.91 bits per heavy atom. The highest BCUT2D eigenvalue weighted by Crippen LogP contribution is 2.21. The molecular weight excluding hydrogens is 144 g/mol. The van der Waals surface area contributed by atoms with Gasteiger partial charge in [-0.15, -0.1) is 0 Å². The van der Waals surface area contributed by atoms with Gasteiger partial charge in [0.1, 0.15) is 11.6 Å². The Balaban J connectivity index is 2.55. The van der Waals surface area contributed by atoms with E-state index in [9.17, 15) is 9.59 Å². The zero-order valence-corrected chi connectivity index (χ0v) is 6.54. The van der Waals surface area contributed by atoms with Gasteiger partial charge in [0, 0.05) is 12.8 Å². The molecule has 1 unspecified atom stereocenters. The lowest BCUT2D eigenvalue weighted by Gasteiger charge is -2.07. The number of hydrogen-bond acceptors (Lipinski definition) is 3. The molecule has 0 amide bonds. The summed E-state index contributed by atoms with van der Waals surface area (Å²) in [5, 5.41) is 8.94. The van der Waals surface area contributed by atoms with Crippen molar-refractivity contribution in [1.29, 1.82) is 0 Å². The van der Waals surface area contributed by atoms with Gasteiger partial charge >= 0.3 is 0 Å². The van der Waals surface area contributed by atoms with Crippen molar-refractivity contribution < 1.29 is 14.7 Å². The van der Waals surface area contributed by atoms with E-state index < -0.39 is 12.0 Å². The molecule has 0 bridgehead atoms. The van der Waals surface area contributed by atoms with Crippen molar-refractivity contribution in [2.75, 3.05) is 0 Å². The zero-order chi connectivity index (χ0) is 8.43. The van der Waals surface area contributed by atoms with Crippen LogP contribution in [0, 0.1) is 5.92 Å².